The molecule has 1 rings (SSSR count). The number of rotatable bonds is 5. The highest BCUT2D eigenvalue weighted by atomic mass is 19.3. The second-order valence-electron chi connectivity index (χ2n) is 5.29. The molecule has 0 aliphatic heterocycles. The first-order valence-electron chi connectivity index (χ1n) is 6.26. The molecule has 0 heterocycles. The van der Waals surface area contributed by atoms with Gasteiger partial charge >= 0.3 is 6.03 Å². The number of carbonyl (C=O) groups excluding carboxylic acids is 1. The van der Waals surface area contributed by atoms with Gasteiger partial charge in [0.05, 0.1) is 6.54 Å². The second-order valence-corrected chi connectivity index (χ2v) is 5.29. The molecule has 0 spiro atoms. The standard InChI is InChI=1S/C14H19F3N2O/c1-14(2,10-6-4-5-7-11(10)15)9-18-13(20)19(3)8-12(16)17/h4-7,12H,8-9H2,1-3H3,(H,18,20). The fourth-order valence-corrected chi connectivity index (χ4v) is 1.83. The maximum Gasteiger partial charge on any atom is 0.317 e. The lowest BCUT2D eigenvalue weighted by Gasteiger charge is -2.27. The van der Waals surface area contributed by atoms with Gasteiger partial charge in [0.2, 0.25) is 0 Å². The highest BCUT2D eigenvalue weighted by Crippen LogP contribution is 2.24. The van der Waals surface area contributed by atoms with Crippen LogP contribution in [-0.4, -0.2) is 37.5 Å². The summed E-state index contributed by atoms with van der Waals surface area (Å²) in [5.74, 6) is -0.354. The van der Waals surface area contributed by atoms with Gasteiger partial charge in [-0.25, -0.2) is 18.0 Å². The Bertz CT molecular complexity index is 463. The Morgan fingerprint density at radius 3 is 2.50 bits per heavy atom. The Hall–Kier alpha value is -1.72. The summed E-state index contributed by atoms with van der Waals surface area (Å²) in [6, 6.07) is 5.69. The van der Waals surface area contributed by atoms with E-state index in [1.165, 1.54) is 13.1 Å². The zero-order valence-electron chi connectivity index (χ0n) is 11.8. The Balaban J connectivity index is 2.64. The average molecular weight is 288 g/mol. The van der Waals surface area contributed by atoms with Crippen LogP contribution in [0.4, 0.5) is 18.0 Å². The number of benzene rings is 1. The third-order valence-electron chi connectivity index (χ3n) is 3.04. The van der Waals surface area contributed by atoms with E-state index in [1.807, 2.05) is 0 Å². The molecule has 1 N–H and O–H groups in total. The number of carbonyl (C=O) groups is 1. The molecule has 1 aromatic carbocycles. The number of nitrogens with zero attached hydrogens (tertiary/aromatic N) is 1. The van der Waals surface area contributed by atoms with Crippen molar-refractivity contribution >= 4 is 6.03 Å². The normalized spacial score (nSPS) is 11.6. The van der Waals surface area contributed by atoms with Crippen molar-refractivity contribution < 1.29 is 18.0 Å². The van der Waals surface area contributed by atoms with E-state index in [0.29, 0.717) is 5.56 Å². The summed E-state index contributed by atoms with van der Waals surface area (Å²) in [4.78, 5) is 12.5. The molecule has 0 atom stereocenters. The van der Waals surface area contributed by atoms with Crippen LogP contribution in [0.3, 0.4) is 0 Å². The van der Waals surface area contributed by atoms with Crippen LogP contribution in [0.15, 0.2) is 24.3 Å². The molecule has 6 heteroatoms. The van der Waals surface area contributed by atoms with Crippen molar-refractivity contribution in [2.24, 2.45) is 0 Å². The second kappa shape index (κ2) is 6.63. The lowest BCUT2D eigenvalue weighted by molar-refractivity contribution is 0.107. The van der Waals surface area contributed by atoms with E-state index < -0.39 is 24.4 Å². The minimum absolute atomic E-state index is 0.153. The lowest BCUT2D eigenvalue weighted by atomic mass is 9.84. The smallest absolute Gasteiger partial charge is 0.317 e. The van der Waals surface area contributed by atoms with E-state index in [1.54, 1.807) is 32.0 Å². The molecule has 112 valence electrons. The molecule has 3 nitrogen and oxygen atoms in total. The SMILES string of the molecule is CN(CC(F)F)C(=O)NCC(C)(C)c1ccccc1F. The zero-order valence-corrected chi connectivity index (χ0v) is 11.8. The van der Waals surface area contributed by atoms with Crippen LogP contribution in [0.25, 0.3) is 0 Å². The van der Waals surface area contributed by atoms with Gasteiger partial charge < -0.3 is 10.2 Å². The molecule has 0 fully saturated rings. The molecule has 0 saturated heterocycles. The number of halogens is 3. The number of urea groups is 1. The van der Waals surface area contributed by atoms with Crippen LogP contribution >= 0.6 is 0 Å². The van der Waals surface area contributed by atoms with E-state index in [9.17, 15) is 18.0 Å². The van der Waals surface area contributed by atoms with E-state index >= 15 is 0 Å². The van der Waals surface area contributed by atoms with Crippen molar-refractivity contribution in [1.29, 1.82) is 0 Å². The van der Waals surface area contributed by atoms with Gasteiger partial charge in [0.15, 0.2) is 0 Å². The zero-order chi connectivity index (χ0) is 15.3. The van der Waals surface area contributed by atoms with E-state index in [4.69, 9.17) is 0 Å². The predicted molar refractivity (Wildman–Crippen MR) is 71.5 cm³/mol. The van der Waals surface area contributed by atoms with Gasteiger partial charge in [-0.15, -0.1) is 0 Å². The Kier molecular flexibility index (Phi) is 5.42. The minimum atomic E-state index is -2.58. The first-order valence-corrected chi connectivity index (χ1v) is 6.26. The summed E-state index contributed by atoms with van der Waals surface area (Å²) in [5.41, 5.74) is -0.163. The van der Waals surface area contributed by atoms with Crippen LogP contribution in [0.5, 0.6) is 0 Å². The Morgan fingerprint density at radius 1 is 1.35 bits per heavy atom. The third kappa shape index (κ3) is 4.43. The molecule has 1 aromatic rings. The summed E-state index contributed by atoms with van der Waals surface area (Å²) in [6.45, 7) is 3.07. The van der Waals surface area contributed by atoms with E-state index in [2.05, 4.69) is 5.32 Å². The van der Waals surface area contributed by atoms with Crippen LogP contribution in [0.1, 0.15) is 19.4 Å². The van der Waals surface area contributed by atoms with Crippen molar-refractivity contribution in [3.05, 3.63) is 35.6 Å². The molecule has 0 radical (unpaired) electrons. The highest BCUT2D eigenvalue weighted by molar-refractivity contribution is 5.74. The van der Waals surface area contributed by atoms with Crippen LogP contribution in [0, 0.1) is 5.82 Å². The van der Waals surface area contributed by atoms with Crippen LogP contribution < -0.4 is 5.32 Å². The number of alkyl halides is 2. The van der Waals surface area contributed by atoms with Crippen molar-refractivity contribution in [2.75, 3.05) is 20.1 Å². The minimum Gasteiger partial charge on any atom is -0.337 e. The number of amides is 2. The molecular weight excluding hydrogens is 269 g/mol. The van der Waals surface area contributed by atoms with Crippen molar-refractivity contribution in [3.8, 4) is 0 Å². The summed E-state index contributed by atoms with van der Waals surface area (Å²) in [5, 5.41) is 2.54. The molecule has 0 saturated carbocycles. The largest absolute Gasteiger partial charge is 0.337 e. The topological polar surface area (TPSA) is 32.3 Å². The van der Waals surface area contributed by atoms with Crippen LogP contribution in [-0.2, 0) is 5.41 Å². The lowest BCUT2D eigenvalue weighted by Crippen LogP contribution is -2.44. The monoisotopic (exact) mass is 288 g/mol. The molecule has 0 aromatic heterocycles. The van der Waals surface area contributed by atoms with Gasteiger partial charge in [0.1, 0.15) is 5.82 Å². The van der Waals surface area contributed by atoms with Crippen LogP contribution in [0.2, 0.25) is 0 Å². The predicted octanol–water partition coefficient (Wildman–Crippen LogP) is 3.01. The summed E-state index contributed by atoms with van der Waals surface area (Å²) in [7, 11) is 1.29. The van der Waals surface area contributed by atoms with Gasteiger partial charge in [0.25, 0.3) is 6.43 Å². The fourth-order valence-electron chi connectivity index (χ4n) is 1.83. The van der Waals surface area contributed by atoms with Gasteiger partial charge in [-0.1, -0.05) is 32.0 Å². The number of nitrogens with one attached hydrogen (secondary N) is 1. The van der Waals surface area contributed by atoms with Crippen molar-refractivity contribution in [2.45, 2.75) is 25.7 Å². The van der Waals surface area contributed by atoms with Crippen molar-refractivity contribution in [3.63, 3.8) is 0 Å². The van der Waals surface area contributed by atoms with Crippen molar-refractivity contribution in [1.82, 2.24) is 10.2 Å². The fraction of sp³-hybridized carbons (Fsp3) is 0.500. The molecule has 0 bridgehead atoms. The molecule has 20 heavy (non-hydrogen) atoms. The highest BCUT2D eigenvalue weighted by Gasteiger charge is 2.25. The first-order chi connectivity index (χ1) is 9.24. The first kappa shape index (κ1) is 16.3. The molecule has 0 unspecified atom stereocenters. The van der Waals surface area contributed by atoms with E-state index in [-0.39, 0.29) is 12.4 Å². The molecule has 2 amide bonds. The van der Waals surface area contributed by atoms with E-state index in [0.717, 1.165) is 4.90 Å². The van der Waals surface area contributed by atoms with Gasteiger partial charge in [0, 0.05) is 19.0 Å². The molecular formula is C14H19F3N2O. The van der Waals surface area contributed by atoms with Gasteiger partial charge in [-0.05, 0) is 11.6 Å². The summed E-state index contributed by atoms with van der Waals surface area (Å²) >= 11 is 0. The number of hydrogen-bond donors (Lipinski definition) is 1. The molecule has 0 aliphatic carbocycles. The number of hydrogen-bond acceptors (Lipinski definition) is 1. The maximum absolute atomic E-state index is 13.7. The Labute approximate surface area is 116 Å². The summed E-state index contributed by atoms with van der Waals surface area (Å²) in [6.07, 6.45) is -2.58. The van der Waals surface area contributed by atoms with Gasteiger partial charge in [-0.2, -0.15) is 0 Å². The quantitative estimate of drug-likeness (QED) is 0.887. The third-order valence-corrected chi connectivity index (χ3v) is 3.04. The Morgan fingerprint density at radius 2 is 1.95 bits per heavy atom. The molecule has 0 aliphatic rings. The average Bonchev–Trinajstić information content (AvgIpc) is 2.35. The van der Waals surface area contributed by atoms with Gasteiger partial charge in [-0.3, -0.25) is 0 Å². The summed E-state index contributed by atoms with van der Waals surface area (Å²) < 4.78 is 38.1. The maximum atomic E-state index is 13.7.